The number of thiophene rings is 1. The van der Waals surface area contributed by atoms with Gasteiger partial charge < -0.3 is 10.4 Å². The van der Waals surface area contributed by atoms with Gasteiger partial charge in [0.05, 0.1) is 5.69 Å². The van der Waals surface area contributed by atoms with Gasteiger partial charge in [0.25, 0.3) is 0 Å². The molecule has 2 N–H and O–H groups in total. The van der Waals surface area contributed by atoms with Crippen molar-refractivity contribution < 1.29 is 9.90 Å². The first kappa shape index (κ1) is 15.6. The molecular formula is C17H21NO2S. The van der Waals surface area contributed by atoms with Gasteiger partial charge in [0, 0.05) is 11.3 Å². The second-order valence-corrected chi connectivity index (χ2v) is 7.14. The fraction of sp³-hybridized carbons (Fsp3) is 0.353. The number of amides is 1. The summed E-state index contributed by atoms with van der Waals surface area (Å²) in [4.78, 5) is 13.2. The number of hydrogen-bond donors (Lipinski definition) is 2. The highest BCUT2D eigenvalue weighted by Gasteiger charge is 2.16. The molecular weight excluding hydrogens is 282 g/mol. The highest BCUT2D eigenvalue weighted by atomic mass is 32.1. The van der Waals surface area contributed by atoms with Gasteiger partial charge in [-0.05, 0) is 41.0 Å². The zero-order valence-electron chi connectivity index (χ0n) is 12.6. The summed E-state index contributed by atoms with van der Waals surface area (Å²) in [6.07, 6.45) is 1.14. The van der Waals surface area contributed by atoms with E-state index < -0.39 is 0 Å². The van der Waals surface area contributed by atoms with Crippen LogP contribution in [-0.2, 0) is 16.6 Å². The molecule has 0 bridgehead atoms. The van der Waals surface area contributed by atoms with Crippen molar-refractivity contribution >= 4 is 22.9 Å². The SMILES string of the molecule is CC(C)(C)c1ccc(O)c(NC(=O)CCc2cccs2)c1. The summed E-state index contributed by atoms with van der Waals surface area (Å²) in [5.41, 5.74) is 1.54. The van der Waals surface area contributed by atoms with Gasteiger partial charge in [0.2, 0.25) is 5.91 Å². The first-order chi connectivity index (χ1) is 9.86. The van der Waals surface area contributed by atoms with E-state index in [0.717, 1.165) is 12.0 Å². The molecule has 1 heterocycles. The Labute approximate surface area is 129 Å². The minimum Gasteiger partial charge on any atom is -0.506 e. The summed E-state index contributed by atoms with van der Waals surface area (Å²) in [5, 5.41) is 14.7. The zero-order chi connectivity index (χ0) is 15.5. The third-order valence-corrected chi connectivity index (χ3v) is 4.25. The van der Waals surface area contributed by atoms with E-state index >= 15 is 0 Å². The van der Waals surface area contributed by atoms with Crippen molar-refractivity contribution in [1.29, 1.82) is 0 Å². The summed E-state index contributed by atoms with van der Waals surface area (Å²) in [5.74, 6) is 0.0252. The lowest BCUT2D eigenvalue weighted by molar-refractivity contribution is -0.116. The van der Waals surface area contributed by atoms with Gasteiger partial charge >= 0.3 is 0 Å². The van der Waals surface area contributed by atoms with Crippen molar-refractivity contribution in [3.63, 3.8) is 0 Å². The Bertz CT molecular complexity index is 612. The third kappa shape index (κ3) is 4.33. The highest BCUT2D eigenvalue weighted by molar-refractivity contribution is 7.09. The molecule has 0 radical (unpaired) electrons. The minimum atomic E-state index is -0.0789. The molecule has 21 heavy (non-hydrogen) atoms. The predicted molar refractivity (Wildman–Crippen MR) is 88.1 cm³/mol. The molecule has 0 saturated carbocycles. The monoisotopic (exact) mass is 303 g/mol. The van der Waals surface area contributed by atoms with Gasteiger partial charge in [-0.1, -0.05) is 32.9 Å². The fourth-order valence-corrected chi connectivity index (χ4v) is 2.72. The minimum absolute atomic E-state index is 0.0237. The number of hydrogen-bond acceptors (Lipinski definition) is 3. The molecule has 1 amide bonds. The Hall–Kier alpha value is -1.81. The van der Waals surface area contributed by atoms with Crippen LogP contribution in [0.25, 0.3) is 0 Å². The van der Waals surface area contributed by atoms with E-state index in [1.165, 1.54) is 4.88 Å². The van der Waals surface area contributed by atoms with E-state index in [0.29, 0.717) is 12.1 Å². The van der Waals surface area contributed by atoms with Crippen LogP contribution in [0.2, 0.25) is 0 Å². The van der Waals surface area contributed by atoms with Crippen molar-refractivity contribution in [2.24, 2.45) is 0 Å². The highest BCUT2D eigenvalue weighted by Crippen LogP contribution is 2.30. The van der Waals surface area contributed by atoms with Crippen molar-refractivity contribution in [2.75, 3.05) is 5.32 Å². The van der Waals surface area contributed by atoms with Crippen molar-refractivity contribution in [2.45, 2.75) is 39.0 Å². The Morgan fingerprint density at radius 2 is 2.05 bits per heavy atom. The smallest absolute Gasteiger partial charge is 0.224 e. The van der Waals surface area contributed by atoms with Gasteiger partial charge in [0.1, 0.15) is 5.75 Å². The average molecular weight is 303 g/mol. The second-order valence-electron chi connectivity index (χ2n) is 6.11. The molecule has 112 valence electrons. The van der Waals surface area contributed by atoms with Gasteiger partial charge in [0.15, 0.2) is 0 Å². The van der Waals surface area contributed by atoms with E-state index in [1.807, 2.05) is 29.6 Å². The molecule has 0 spiro atoms. The number of carbonyl (C=O) groups excluding carboxylic acids is 1. The summed E-state index contributed by atoms with van der Waals surface area (Å²) < 4.78 is 0. The number of anilines is 1. The van der Waals surface area contributed by atoms with E-state index in [-0.39, 0.29) is 17.1 Å². The fourth-order valence-electron chi connectivity index (χ4n) is 2.01. The van der Waals surface area contributed by atoms with Crippen molar-refractivity contribution in [1.82, 2.24) is 0 Å². The summed E-state index contributed by atoms with van der Waals surface area (Å²) in [6, 6.07) is 9.37. The Morgan fingerprint density at radius 3 is 2.67 bits per heavy atom. The van der Waals surface area contributed by atoms with Gasteiger partial charge in [-0.25, -0.2) is 0 Å². The standard InChI is InChI=1S/C17H21NO2S/c1-17(2,3)12-6-8-15(19)14(11-12)18-16(20)9-7-13-5-4-10-21-13/h4-6,8,10-11,19H,7,9H2,1-3H3,(H,18,20). The molecule has 2 rings (SSSR count). The number of benzene rings is 1. The second kappa shape index (κ2) is 6.31. The first-order valence-corrected chi connectivity index (χ1v) is 7.90. The molecule has 1 aromatic heterocycles. The van der Waals surface area contributed by atoms with Crippen molar-refractivity contribution in [3.8, 4) is 5.75 Å². The molecule has 3 nitrogen and oxygen atoms in total. The largest absolute Gasteiger partial charge is 0.506 e. The number of nitrogens with one attached hydrogen (secondary N) is 1. The van der Waals surface area contributed by atoms with Crippen molar-refractivity contribution in [3.05, 3.63) is 46.2 Å². The molecule has 0 unspecified atom stereocenters. The van der Waals surface area contributed by atoms with Crippen LogP contribution in [0.5, 0.6) is 5.75 Å². The quantitative estimate of drug-likeness (QED) is 0.826. The summed E-state index contributed by atoms with van der Waals surface area (Å²) in [7, 11) is 0. The Morgan fingerprint density at radius 1 is 1.29 bits per heavy atom. The lowest BCUT2D eigenvalue weighted by Crippen LogP contribution is -2.15. The average Bonchev–Trinajstić information content (AvgIpc) is 2.91. The summed E-state index contributed by atoms with van der Waals surface area (Å²) >= 11 is 1.65. The number of aryl methyl sites for hydroxylation is 1. The van der Waals surface area contributed by atoms with E-state index in [1.54, 1.807) is 17.4 Å². The van der Waals surface area contributed by atoms with Crippen LogP contribution in [0.1, 0.15) is 37.6 Å². The third-order valence-electron chi connectivity index (χ3n) is 3.32. The molecule has 1 aromatic carbocycles. The maximum absolute atomic E-state index is 12.0. The van der Waals surface area contributed by atoms with Crippen LogP contribution < -0.4 is 5.32 Å². The number of phenols is 1. The maximum Gasteiger partial charge on any atom is 0.224 e. The first-order valence-electron chi connectivity index (χ1n) is 7.02. The molecule has 0 fully saturated rings. The zero-order valence-corrected chi connectivity index (χ0v) is 13.5. The molecule has 0 atom stereocenters. The van der Waals surface area contributed by atoms with Crippen LogP contribution >= 0.6 is 11.3 Å². The van der Waals surface area contributed by atoms with Crippen LogP contribution in [0.3, 0.4) is 0 Å². The van der Waals surface area contributed by atoms with Crippen LogP contribution in [-0.4, -0.2) is 11.0 Å². The Balaban J connectivity index is 2.03. The molecule has 0 aliphatic heterocycles. The molecule has 0 aliphatic carbocycles. The van der Waals surface area contributed by atoms with Crippen LogP contribution in [0.15, 0.2) is 35.7 Å². The van der Waals surface area contributed by atoms with Gasteiger partial charge in [-0.15, -0.1) is 11.3 Å². The normalized spacial score (nSPS) is 11.4. The molecule has 2 aromatic rings. The molecule has 4 heteroatoms. The topological polar surface area (TPSA) is 49.3 Å². The lowest BCUT2D eigenvalue weighted by atomic mass is 9.87. The van der Waals surface area contributed by atoms with Gasteiger partial charge in [-0.3, -0.25) is 4.79 Å². The molecule has 0 saturated heterocycles. The number of rotatable bonds is 4. The summed E-state index contributed by atoms with van der Waals surface area (Å²) in [6.45, 7) is 6.30. The van der Waals surface area contributed by atoms with Crippen LogP contribution in [0.4, 0.5) is 5.69 Å². The van der Waals surface area contributed by atoms with E-state index in [4.69, 9.17) is 0 Å². The van der Waals surface area contributed by atoms with Gasteiger partial charge in [-0.2, -0.15) is 0 Å². The Kier molecular flexibility index (Phi) is 4.68. The van der Waals surface area contributed by atoms with E-state index in [9.17, 15) is 9.90 Å². The molecule has 0 aliphatic rings. The number of aromatic hydroxyl groups is 1. The van der Waals surface area contributed by atoms with E-state index in [2.05, 4.69) is 26.1 Å². The maximum atomic E-state index is 12.0. The number of carbonyl (C=O) groups is 1. The lowest BCUT2D eigenvalue weighted by Gasteiger charge is -2.20. The van der Waals surface area contributed by atoms with Crippen LogP contribution in [0, 0.1) is 0 Å². The predicted octanol–water partition coefficient (Wildman–Crippen LogP) is 4.32. The number of phenolic OH excluding ortho intramolecular Hbond substituents is 1.